The van der Waals surface area contributed by atoms with Crippen LogP contribution in [0, 0.1) is 11.8 Å². The first-order valence-electron chi connectivity index (χ1n) is 4.90. The minimum absolute atomic E-state index is 0.0510. The van der Waals surface area contributed by atoms with Gasteiger partial charge >= 0.3 is 0 Å². The minimum Gasteiger partial charge on any atom is -0.396 e. The topological polar surface area (TPSA) is 40.5 Å². The van der Waals surface area contributed by atoms with Crippen LogP contribution in [0.5, 0.6) is 0 Å². The molecule has 0 fully saturated rings. The quantitative estimate of drug-likeness (QED) is 0.700. The van der Waals surface area contributed by atoms with Gasteiger partial charge in [0.2, 0.25) is 5.91 Å². The molecule has 0 saturated carbocycles. The molecule has 1 N–H and O–H groups in total. The number of carbonyl (C=O) groups excluding carboxylic acids is 1. The molecular weight excluding hydrogens is 166 g/mol. The molecule has 0 aliphatic heterocycles. The highest BCUT2D eigenvalue weighted by molar-refractivity contribution is 5.78. The van der Waals surface area contributed by atoms with E-state index in [2.05, 4.69) is 0 Å². The molecule has 0 saturated heterocycles. The molecule has 1 amide bonds. The fourth-order valence-corrected chi connectivity index (χ4v) is 1.30. The summed E-state index contributed by atoms with van der Waals surface area (Å²) in [6.45, 7) is 6.66. The highest BCUT2D eigenvalue weighted by Crippen LogP contribution is 2.12. The molecule has 0 rings (SSSR count). The molecule has 13 heavy (non-hydrogen) atoms. The summed E-state index contributed by atoms with van der Waals surface area (Å²) < 4.78 is 0. The van der Waals surface area contributed by atoms with Crippen molar-refractivity contribution in [3.8, 4) is 0 Å². The Bertz CT molecular complexity index is 157. The molecule has 0 heterocycles. The third kappa shape index (κ3) is 3.77. The van der Waals surface area contributed by atoms with Crippen LogP contribution < -0.4 is 0 Å². The number of rotatable bonds is 5. The fraction of sp³-hybridized carbons (Fsp3) is 0.900. The van der Waals surface area contributed by atoms with Crippen LogP contribution in [0.1, 0.15) is 27.2 Å². The fourth-order valence-electron chi connectivity index (χ4n) is 1.30. The molecule has 0 spiro atoms. The standard InChI is InChI=1S/C10H21NO2/c1-5-6-11(4)10(13)9(7-12)8(2)3/h8-9,12H,5-7H2,1-4H3. The maximum Gasteiger partial charge on any atom is 0.227 e. The van der Waals surface area contributed by atoms with Gasteiger partial charge in [-0.1, -0.05) is 20.8 Å². The molecule has 0 aliphatic carbocycles. The largest absolute Gasteiger partial charge is 0.396 e. The van der Waals surface area contributed by atoms with Gasteiger partial charge in [-0.25, -0.2) is 0 Å². The second-order valence-electron chi connectivity index (χ2n) is 3.79. The van der Waals surface area contributed by atoms with Crippen molar-refractivity contribution in [3.05, 3.63) is 0 Å². The van der Waals surface area contributed by atoms with E-state index in [9.17, 15) is 4.79 Å². The van der Waals surface area contributed by atoms with Gasteiger partial charge in [0.25, 0.3) is 0 Å². The van der Waals surface area contributed by atoms with Crippen LogP contribution in [0.15, 0.2) is 0 Å². The third-order valence-electron chi connectivity index (χ3n) is 2.25. The summed E-state index contributed by atoms with van der Waals surface area (Å²) in [5, 5.41) is 9.04. The highest BCUT2D eigenvalue weighted by Gasteiger charge is 2.23. The number of aliphatic hydroxyl groups is 1. The smallest absolute Gasteiger partial charge is 0.227 e. The Morgan fingerprint density at radius 3 is 2.31 bits per heavy atom. The van der Waals surface area contributed by atoms with Gasteiger partial charge < -0.3 is 10.0 Å². The van der Waals surface area contributed by atoms with Crippen molar-refractivity contribution in [1.82, 2.24) is 4.90 Å². The van der Waals surface area contributed by atoms with Crippen LogP contribution >= 0.6 is 0 Å². The van der Waals surface area contributed by atoms with Crippen molar-refractivity contribution in [1.29, 1.82) is 0 Å². The van der Waals surface area contributed by atoms with Gasteiger partial charge in [-0.2, -0.15) is 0 Å². The Balaban J connectivity index is 4.19. The SMILES string of the molecule is CCCN(C)C(=O)C(CO)C(C)C. The van der Waals surface area contributed by atoms with E-state index in [1.165, 1.54) is 0 Å². The van der Waals surface area contributed by atoms with Gasteiger partial charge in [-0.05, 0) is 12.3 Å². The van der Waals surface area contributed by atoms with Crippen molar-refractivity contribution in [2.24, 2.45) is 11.8 Å². The van der Waals surface area contributed by atoms with Gasteiger partial charge in [0, 0.05) is 13.6 Å². The lowest BCUT2D eigenvalue weighted by Gasteiger charge is -2.24. The van der Waals surface area contributed by atoms with E-state index >= 15 is 0 Å². The summed E-state index contributed by atoms with van der Waals surface area (Å²) in [5.41, 5.74) is 0. The predicted molar refractivity (Wildman–Crippen MR) is 53.3 cm³/mol. The normalized spacial score (nSPS) is 13.1. The average Bonchev–Trinajstić information content (AvgIpc) is 2.05. The van der Waals surface area contributed by atoms with Gasteiger partial charge in [-0.15, -0.1) is 0 Å². The van der Waals surface area contributed by atoms with Gasteiger partial charge in [0.05, 0.1) is 12.5 Å². The van der Waals surface area contributed by atoms with Crippen LogP contribution in [0.2, 0.25) is 0 Å². The lowest BCUT2D eigenvalue weighted by molar-refractivity contribution is -0.137. The predicted octanol–water partition coefficient (Wildman–Crippen LogP) is 1.12. The van der Waals surface area contributed by atoms with E-state index in [1.807, 2.05) is 20.8 Å². The third-order valence-corrected chi connectivity index (χ3v) is 2.25. The molecule has 78 valence electrons. The molecule has 0 aromatic heterocycles. The first-order chi connectivity index (χ1) is 6.04. The molecule has 3 heteroatoms. The van der Waals surface area contributed by atoms with Crippen molar-refractivity contribution in [2.45, 2.75) is 27.2 Å². The molecule has 1 atom stereocenters. The molecular formula is C10H21NO2. The molecule has 0 bridgehead atoms. The summed E-state index contributed by atoms with van der Waals surface area (Å²) in [6.07, 6.45) is 0.957. The first-order valence-corrected chi connectivity index (χ1v) is 4.90. The van der Waals surface area contributed by atoms with Crippen LogP contribution in [-0.2, 0) is 4.79 Å². The van der Waals surface area contributed by atoms with Crippen molar-refractivity contribution in [3.63, 3.8) is 0 Å². The Hall–Kier alpha value is -0.570. The lowest BCUT2D eigenvalue weighted by Crippen LogP contribution is -2.37. The molecule has 0 aliphatic rings. The van der Waals surface area contributed by atoms with E-state index in [4.69, 9.17) is 5.11 Å². The zero-order valence-corrected chi connectivity index (χ0v) is 9.08. The van der Waals surface area contributed by atoms with E-state index in [0.717, 1.165) is 13.0 Å². The Labute approximate surface area is 80.7 Å². The molecule has 0 aromatic carbocycles. The average molecular weight is 187 g/mol. The maximum atomic E-state index is 11.7. The zero-order chi connectivity index (χ0) is 10.4. The van der Waals surface area contributed by atoms with Crippen LogP contribution in [0.25, 0.3) is 0 Å². The molecule has 0 radical (unpaired) electrons. The summed E-state index contributed by atoms with van der Waals surface area (Å²) in [6, 6.07) is 0. The van der Waals surface area contributed by atoms with Crippen molar-refractivity contribution < 1.29 is 9.90 Å². The summed E-state index contributed by atoms with van der Waals surface area (Å²) >= 11 is 0. The van der Waals surface area contributed by atoms with E-state index in [0.29, 0.717) is 0 Å². The Morgan fingerprint density at radius 2 is 2.00 bits per heavy atom. The Morgan fingerprint density at radius 1 is 1.46 bits per heavy atom. The highest BCUT2D eigenvalue weighted by atomic mass is 16.3. The van der Waals surface area contributed by atoms with Crippen LogP contribution in [-0.4, -0.2) is 36.1 Å². The number of amides is 1. The van der Waals surface area contributed by atoms with Gasteiger partial charge in [0.1, 0.15) is 0 Å². The Kier molecular flexibility index (Phi) is 5.71. The second-order valence-corrected chi connectivity index (χ2v) is 3.79. The van der Waals surface area contributed by atoms with E-state index in [-0.39, 0.29) is 24.3 Å². The number of hydrogen-bond donors (Lipinski definition) is 1. The number of hydrogen-bond acceptors (Lipinski definition) is 2. The monoisotopic (exact) mass is 187 g/mol. The molecule has 1 unspecified atom stereocenters. The summed E-state index contributed by atoms with van der Waals surface area (Å²) in [7, 11) is 1.79. The zero-order valence-electron chi connectivity index (χ0n) is 9.08. The lowest BCUT2D eigenvalue weighted by atomic mass is 9.95. The molecule has 3 nitrogen and oxygen atoms in total. The molecule has 0 aromatic rings. The van der Waals surface area contributed by atoms with Crippen LogP contribution in [0.4, 0.5) is 0 Å². The second kappa shape index (κ2) is 5.97. The number of carbonyl (C=O) groups is 1. The number of nitrogens with zero attached hydrogens (tertiary/aromatic N) is 1. The minimum atomic E-state index is -0.239. The van der Waals surface area contributed by atoms with Gasteiger partial charge in [0.15, 0.2) is 0 Å². The first kappa shape index (κ1) is 12.4. The summed E-state index contributed by atoms with van der Waals surface area (Å²) in [4.78, 5) is 13.4. The van der Waals surface area contributed by atoms with Crippen molar-refractivity contribution in [2.75, 3.05) is 20.2 Å². The van der Waals surface area contributed by atoms with E-state index < -0.39 is 0 Å². The van der Waals surface area contributed by atoms with Gasteiger partial charge in [-0.3, -0.25) is 4.79 Å². The van der Waals surface area contributed by atoms with Crippen LogP contribution in [0.3, 0.4) is 0 Å². The maximum absolute atomic E-state index is 11.7. The van der Waals surface area contributed by atoms with E-state index in [1.54, 1.807) is 11.9 Å². The van der Waals surface area contributed by atoms with Crippen molar-refractivity contribution >= 4 is 5.91 Å². The summed E-state index contributed by atoms with van der Waals surface area (Å²) in [5.74, 6) is 0.0210. The number of aliphatic hydroxyl groups excluding tert-OH is 1.